The van der Waals surface area contributed by atoms with Crippen molar-refractivity contribution in [2.75, 3.05) is 13.7 Å². The van der Waals surface area contributed by atoms with Gasteiger partial charge in [0.25, 0.3) is 0 Å². The van der Waals surface area contributed by atoms with Crippen molar-refractivity contribution < 1.29 is 18.7 Å². The lowest BCUT2D eigenvalue weighted by Gasteiger charge is -2.23. The Balaban J connectivity index is 1.98. The molecule has 1 atom stereocenters. The zero-order valence-electron chi connectivity index (χ0n) is 13.4. The lowest BCUT2D eigenvalue weighted by Crippen LogP contribution is -2.35. The summed E-state index contributed by atoms with van der Waals surface area (Å²) in [6.45, 7) is 6.19. The van der Waals surface area contributed by atoms with E-state index in [4.69, 9.17) is 9.15 Å². The van der Waals surface area contributed by atoms with Crippen LogP contribution >= 0.6 is 0 Å². The minimum Gasteiger partial charge on any atom is -0.494 e. The summed E-state index contributed by atoms with van der Waals surface area (Å²) in [6, 6.07) is 6.64. The van der Waals surface area contributed by atoms with E-state index >= 15 is 0 Å². The van der Waals surface area contributed by atoms with Crippen LogP contribution in [-0.4, -0.2) is 18.8 Å². The molecule has 0 aliphatic carbocycles. The van der Waals surface area contributed by atoms with Crippen LogP contribution in [0.15, 0.2) is 28.7 Å². The zero-order valence-corrected chi connectivity index (χ0v) is 13.4. The van der Waals surface area contributed by atoms with E-state index in [9.17, 15) is 9.50 Å². The fourth-order valence-electron chi connectivity index (χ4n) is 2.53. The molecule has 0 radical (unpaired) electrons. The minimum absolute atomic E-state index is 0.222. The van der Waals surface area contributed by atoms with Gasteiger partial charge in [-0.15, -0.1) is 0 Å². The molecule has 1 aromatic heterocycles. The second-order valence-electron chi connectivity index (χ2n) is 5.67. The van der Waals surface area contributed by atoms with Crippen molar-refractivity contribution in [1.29, 1.82) is 0 Å². The molecule has 0 saturated heterocycles. The Bertz CT molecular complexity index is 649. The average Bonchev–Trinajstić information content (AvgIpc) is 2.78. The number of halogens is 1. The maximum absolute atomic E-state index is 13.6. The zero-order chi connectivity index (χ0) is 16.3. The Morgan fingerprint density at radius 2 is 2.05 bits per heavy atom. The normalized spacial score (nSPS) is 13.9. The summed E-state index contributed by atoms with van der Waals surface area (Å²) in [5.41, 5.74) is 0.500. The number of hydrogen-bond acceptors (Lipinski definition) is 4. The van der Waals surface area contributed by atoms with Crippen molar-refractivity contribution in [3.05, 3.63) is 52.7 Å². The van der Waals surface area contributed by atoms with Gasteiger partial charge in [0.05, 0.1) is 7.11 Å². The molecule has 0 saturated carbocycles. The van der Waals surface area contributed by atoms with Gasteiger partial charge in [0, 0.05) is 18.7 Å². The highest BCUT2D eigenvalue weighted by Crippen LogP contribution is 2.26. The molecule has 0 amide bonds. The Labute approximate surface area is 129 Å². The smallest absolute Gasteiger partial charge is 0.165 e. The molecule has 0 aliphatic rings. The van der Waals surface area contributed by atoms with Crippen LogP contribution in [0.5, 0.6) is 5.75 Å². The van der Waals surface area contributed by atoms with Gasteiger partial charge in [-0.25, -0.2) is 4.39 Å². The largest absolute Gasteiger partial charge is 0.494 e. The molecule has 0 fully saturated rings. The van der Waals surface area contributed by atoms with Crippen molar-refractivity contribution in [1.82, 2.24) is 5.32 Å². The third kappa shape index (κ3) is 3.67. The molecule has 2 N–H and O–H groups in total. The number of furan rings is 1. The molecule has 0 bridgehead atoms. The first-order valence-electron chi connectivity index (χ1n) is 7.16. The molecular formula is C17H22FNO3. The van der Waals surface area contributed by atoms with E-state index in [0.717, 1.165) is 16.9 Å². The number of hydrogen-bond donors (Lipinski definition) is 2. The first-order chi connectivity index (χ1) is 10.3. The van der Waals surface area contributed by atoms with Gasteiger partial charge in [-0.05, 0) is 44.5 Å². The SMILES string of the molecule is COc1ccc(CNCC(C)(O)c2cc(C)oc2C)cc1F. The maximum atomic E-state index is 13.6. The Morgan fingerprint density at radius 1 is 1.32 bits per heavy atom. The highest BCUT2D eigenvalue weighted by Gasteiger charge is 2.27. The molecule has 0 spiro atoms. The number of aryl methyl sites for hydroxylation is 2. The van der Waals surface area contributed by atoms with Gasteiger partial charge in [0.15, 0.2) is 11.6 Å². The van der Waals surface area contributed by atoms with Gasteiger partial charge in [0.1, 0.15) is 17.1 Å². The number of rotatable bonds is 6. The van der Waals surface area contributed by atoms with Crippen LogP contribution in [0.2, 0.25) is 0 Å². The molecule has 1 aromatic carbocycles. The second-order valence-corrected chi connectivity index (χ2v) is 5.67. The van der Waals surface area contributed by atoms with Gasteiger partial charge >= 0.3 is 0 Å². The summed E-state index contributed by atoms with van der Waals surface area (Å²) < 4.78 is 24.0. The summed E-state index contributed by atoms with van der Waals surface area (Å²) in [4.78, 5) is 0. The molecule has 1 heterocycles. The third-order valence-electron chi connectivity index (χ3n) is 3.64. The predicted octanol–water partition coefficient (Wildman–Crippen LogP) is 3.04. The quantitative estimate of drug-likeness (QED) is 0.861. The topological polar surface area (TPSA) is 54.6 Å². The Kier molecular flexibility index (Phi) is 4.88. The van der Waals surface area contributed by atoms with Crippen LogP contribution in [-0.2, 0) is 12.1 Å². The van der Waals surface area contributed by atoms with Crippen LogP contribution in [0.25, 0.3) is 0 Å². The van der Waals surface area contributed by atoms with Crippen molar-refractivity contribution in [2.45, 2.75) is 32.9 Å². The van der Waals surface area contributed by atoms with Crippen LogP contribution in [0.4, 0.5) is 4.39 Å². The second kappa shape index (κ2) is 6.50. The molecule has 0 aliphatic heterocycles. The van der Waals surface area contributed by atoms with Gasteiger partial charge in [-0.1, -0.05) is 6.07 Å². The van der Waals surface area contributed by atoms with Crippen LogP contribution in [0.1, 0.15) is 29.6 Å². The average molecular weight is 307 g/mol. The summed E-state index contributed by atoms with van der Waals surface area (Å²) in [5, 5.41) is 13.7. The van der Waals surface area contributed by atoms with Crippen LogP contribution in [0.3, 0.4) is 0 Å². The van der Waals surface area contributed by atoms with E-state index in [-0.39, 0.29) is 5.75 Å². The van der Waals surface area contributed by atoms with Crippen molar-refractivity contribution in [3.8, 4) is 5.75 Å². The number of aliphatic hydroxyl groups is 1. The number of nitrogens with one attached hydrogen (secondary N) is 1. The van der Waals surface area contributed by atoms with Crippen molar-refractivity contribution in [2.24, 2.45) is 0 Å². The molecule has 5 heteroatoms. The highest BCUT2D eigenvalue weighted by atomic mass is 19.1. The van der Waals surface area contributed by atoms with Gasteiger partial charge in [-0.2, -0.15) is 0 Å². The summed E-state index contributed by atoms with van der Waals surface area (Å²) in [6.07, 6.45) is 0. The van der Waals surface area contributed by atoms with E-state index in [1.54, 1.807) is 19.1 Å². The van der Waals surface area contributed by atoms with E-state index in [1.165, 1.54) is 13.2 Å². The fraction of sp³-hybridized carbons (Fsp3) is 0.412. The summed E-state index contributed by atoms with van der Waals surface area (Å²) in [5.74, 6) is 1.31. The lowest BCUT2D eigenvalue weighted by atomic mass is 9.96. The molecular weight excluding hydrogens is 285 g/mol. The predicted molar refractivity (Wildman–Crippen MR) is 82.4 cm³/mol. The molecule has 22 heavy (non-hydrogen) atoms. The number of methoxy groups -OCH3 is 1. The van der Waals surface area contributed by atoms with E-state index < -0.39 is 11.4 Å². The maximum Gasteiger partial charge on any atom is 0.165 e. The standard InChI is InChI=1S/C17H22FNO3/c1-11-7-14(12(2)22-11)17(3,20)10-19-9-13-5-6-16(21-4)15(18)8-13/h5-8,19-20H,9-10H2,1-4H3. The Morgan fingerprint density at radius 3 is 2.59 bits per heavy atom. The number of ether oxygens (including phenoxy) is 1. The molecule has 120 valence electrons. The first kappa shape index (κ1) is 16.5. The molecule has 4 nitrogen and oxygen atoms in total. The van der Waals surface area contributed by atoms with Gasteiger partial charge in [0.2, 0.25) is 0 Å². The van der Waals surface area contributed by atoms with E-state index in [2.05, 4.69) is 5.32 Å². The van der Waals surface area contributed by atoms with Gasteiger partial charge < -0.3 is 19.6 Å². The third-order valence-corrected chi connectivity index (χ3v) is 3.64. The summed E-state index contributed by atoms with van der Waals surface area (Å²) in [7, 11) is 1.43. The van der Waals surface area contributed by atoms with E-state index in [0.29, 0.717) is 18.8 Å². The first-order valence-corrected chi connectivity index (χ1v) is 7.16. The fourth-order valence-corrected chi connectivity index (χ4v) is 2.53. The molecule has 2 aromatic rings. The van der Waals surface area contributed by atoms with E-state index in [1.807, 2.05) is 19.9 Å². The minimum atomic E-state index is -1.05. The molecule has 1 unspecified atom stereocenters. The lowest BCUT2D eigenvalue weighted by molar-refractivity contribution is 0.0552. The Hall–Kier alpha value is -1.85. The molecule has 2 rings (SSSR count). The van der Waals surface area contributed by atoms with Crippen LogP contribution < -0.4 is 10.1 Å². The van der Waals surface area contributed by atoms with Crippen LogP contribution in [0, 0.1) is 19.7 Å². The van der Waals surface area contributed by atoms with Gasteiger partial charge in [-0.3, -0.25) is 0 Å². The monoisotopic (exact) mass is 307 g/mol. The van der Waals surface area contributed by atoms with Crippen molar-refractivity contribution >= 4 is 0 Å². The van der Waals surface area contributed by atoms with Crippen molar-refractivity contribution in [3.63, 3.8) is 0 Å². The summed E-state index contributed by atoms with van der Waals surface area (Å²) >= 11 is 0. The highest BCUT2D eigenvalue weighted by molar-refractivity contribution is 5.29. The number of benzene rings is 1.